The molecule has 146 valence electrons. The normalized spacial score (nSPS) is 16.2. The van der Waals surface area contributed by atoms with Gasteiger partial charge in [-0.1, -0.05) is 0 Å². The molecule has 4 rings (SSSR count). The van der Waals surface area contributed by atoms with Gasteiger partial charge in [-0.3, -0.25) is 5.32 Å². The molecule has 1 N–H and O–H groups in total. The van der Waals surface area contributed by atoms with Gasteiger partial charge in [0, 0.05) is 17.5 Å². The summed E-state index contributed by atoms with van der Waals surface area (Å²) in [4.78, 5) is 19.2. The smallest absolute Gasteiger partial charge is 0.324 e. The molecular weight excluding hydrogens is 378 g/mol. The molecule has 1 fully saturated rings. The lowest BCUT2D eigenvalue weighted by Gasteiger charge is -2.26. The molecule has 0 aliphatic carbocycles. The number of methoxy groups -OCH3 is 2. The second kappa shape index (κ2) is 7.93. The molecule has 1 aliphatic heterocycles. The summed E-state index contributed by atoms with van der Waals surface area (Å²) in [6.45, 7) is 0.674. The summed E-state index contributed by atoms with van der Waals surface area (Å²) in [6, 6.07) is 9.07. The number of benzene rings is 1. The van der Waals surface area contributed by atoms with Gasteiger partial charge in [0.05, 0.1) is 26.5 Å². The van der Waals surface area contributed by atoms with Crippen molar-refractivity contribution >= 4 is 22.5 Å². The average molecular weight is 399 g/mol. The Morgan fingerprint density at radius 3 is 2.96 bits per heavy atom. The van der Waals surface area contributed by atoms with E-state index in [9.17, 15) is 4.79 Å². The number of nitrogens with zero attached hydrogens (tertiary/aromatic N) is 2. The van der Waals surface area contributed by atoms with E-state index in [1.807, 2.05) is 40.6 Å². The van der Waals surface area contributed by atoms with E-state index in [-0.39, 0.29) is 12.1 Å². The predicted molar refractivity (Wildman–Crippen MR) is 107 cm³/mol. The Labute approximate surface area is 166 Å². The molecule has 1 aromatic carbocycles. The Morgan fingerprint density at radius 2 is 2.21 bits per heavy atom. The van der Waals surface area contributed by atoms with Crippen LogP contribution >= 0.6 is 11.3 Å². The molecule has 0 unspecified atom stereocenters. The van der Waals surface area contributed by atoms with Crippen LogP contribution in [-0.4, -0.2) is 36.7 Å². The lowest BCUT2D eigenvalue weighted by molar-refractivity contribution is 0.206. The molecule has 0 radical (unpaired) electrons. The lowest BCUT2D eigenvalue weighted by atomic mass is 10.0. The van der Waals surface area contributed by atoms with Gasteiger partial charge in [0.1, 0.15) is 17.2 Å². The number of nitrogens with one attached hydrogen (secondary N) is 1. The van der Waals surface area contributed by atoms with Crippen LogP contribution < -0.4 is 14.8 Å². The van der Waals surface area contributed by atoms with Crippen LogP contribution in [0.2, 0.25) is 0 Å². The molecule has 1 aliphatic rings. The van der Waals surface area contributed by atoms with E-state index in [2.05, 4.69) is 10.3 Å². The van der Waals surface area contributed by atoms with Gasteiger partial charge in [-0.05, 0) is 43.2 Å². The van der Waals surface area contributed by atoms with Crippen molar-refractivity contribution in [3.8, 4) is 23.0 Å². The first-order valence-corrected chi connectivity index (χ1v) is 9.86. The standard InChI is InChI=1S/C20H21N3O4S/c1-25-13-7-8-17(26-2)14(11-13)16-5-3-9-23(16)20(24)22-19-21-15(12-28-19)18-6-4-10-27-18/h4,6-8,10-12,16H,3,5,9H2,1-2H3,(H,21,22,24)/t16-/m1/s1. The van der Waals surface area contributed by atoms with Crippen LogP contribution in [0.25, 0.3) is 11.5 Å². The maximum absolute atomic E-state index is 12.9. The highest BCUT2D eigenvalue weighted by Gasteiger charge is 2.32. The number of hydrogen-bond donors (Lipinski definition) is 1. The maximum atomic E-state index is 12.9. The molecule has 28 heavy (non-hydrogen) atoms. The first-order valence-electron chi connectivity index (χ1n) is 8.98. The van der Waals surface area contributed by atoms with Crippen molar-refractivity contribution < 1.29 is 18.7 Å². The van der Waals surface area contributed by atoms with E-state index >= 15 is 0 Å². The van der Waals surface area contributed by atoms with Gasteiger partial charge < -0.3 is 18.8 Å². The second-order valence-corrected chi connectivity index (χ2v) is 7.26. The zero-order valence-corrected chi connectivity index (χ0v) is 16.5. The SMILES string of the molecule is COc1ccc(OC)c([C@H]2CCCN2C(=O)Nc2nc(-c3ccco3)cs2)c1. The largest absolute Gasteiger partial charge is 0.497 e. The number of anilines is 1. The summed E-state index contributed by atoms with van der Waals surface area (Å²) in [5.41, 5.74) is 1.66. The third-order valence-corrected chi connectivity index (χ3v) is 5.56. The Kier molecular flexibility index (Phi) is 5.21. The van der Waals surface area contributed by atoms with Gasteiger partial charge in [0.25, 0.3) is 0 Å². The molecule has 1 atom stereocenters. The highest BCUT2D eigenvalue weighted by molar-refractivity contribution is 7.14. The van der Waals surface area contributed by atoms with Gasteiger partial charge in [0.2, 0.25) is 0 Å². The zero-order chi connectivity index (χ0) is 19.5. The van der Waals surface area contributed by atoms with Crippen molar-refractivity contribution in [3.05, 3.63) is 47.5 Å². The molecule has 2 aromatic heterocycles. The molecule has 8 heteroatoms. The van der Waals surface area contributed by atoms with Crippen LogP contribution in [0.15, 0.2) is 46.4 Å². The Hall–Kier alpha value is -3.00. The van der Waals surface area contributed by atoms with Crippen LogP contribution in [0.1, 0.15) is 24.4 Å². The summed E-state index contributed by atoms with van der Waals surface area (Å²) in [5, 5.41) is 5.32. The van der Waals surface area contributed by atoms with E-state index in [1.54, 1.807) is 20.5 Å². The summed E-state index contributed by atoms with van der Waals surface area (Å²) in [6.07, 6.45) is 3.39. The summed E-state index contributed by atoms with van der Waals surface area (Å²) >= 11 is 1.37. The maximum Gasteiger partial charge on any atom is 0.324 e. The van der Waals surface area contributed by atoms with E-state index in [0.29, 0.717) is 23.1 Å². The molecule has 1 saturated heterocycles. The molecule has 7 nitrogen and oxygen atoms in total. The van der Waals surface area contributed by atoms with Crippen LogP contribution in [0, 0.1) is 0 Å². The second-order valence-electron chi connectivity index (χ2n) is 6.40. The fourth-order valence-electron chi connectivity index (χ4n) is 3.46. The molecule has 2 amide bonds. The number of furan rings is 1. The average Bonchev–Trinajstić information content (AvgIpc) is 3.48. The van der Waals surface area contributed by atoms with Gasteiger partial charge >= 0.3 is 6.03 Å². The van der Waals surface area contributed by atoms with E-state index < -0.39 is 0 Å². The third-order valence-electron chi connectivity index (χ3n) is 4.80. The molecule has 3 aromatic rings. The van der Waals surface area contributed by atoms with Crippen molar-refractivity contribution in [2.75, 3.05) is 26.1 Å². The highest BCUT2D eigenvalue weighted by atomic mass is 32.1. The van der Waals surface area contributed by atoms with Crippen LogP contribution in [0.5, 0.6) is 11.5 Å². The molecule has 0 spiro atoms. The summed E-state index contributed by atoms with van der Waals surface area (Å²) in [5.74, 6) is 2.17. The topological polar surface area (TPSA) is 76.8 Å². The van der Waals surface area contributed by atoms with Gasteiger partial charge in [-0.2, -0.15) is 0 Å². The van der Waals surface area contributed by atoms with E-state index in [0.717, 1.165) is 29.9 Å². The number of thiazole rings is 1. The number of likely N-dealkylation sites (tertiary alicyclic amines) is 1. The quantitative estimate of drug-likeness (QED) is 0.667. The summed E-state index contributed by atoms with van der Waals surface area (Å²) in [7, 11) is 3.26. The van der Waals surface area contributed by atoms with Crippen molar-refractivity contribution in [1.29, 1.82) is 0 Å². The fraction of sp³-hybridized carbons (Fsp3) is 0.300. The minimum Gasteiger partial charge on any atom is -0.497 e. The van der Waals surface area contributed by atoms with Crippen LogP contribution in [-0.2, 0) is 0 Å². The molecule has 0 saturated carbocycles. The van der Waals surface area contributed by atoms with E-state index in [1.165, 1.54) is 11.3 Å². The fourth-order valence-corrected chi connectivity index (χ4v) is 4.15. The third kappa shape index (κ3) is 3.55. The molecule has 3 heterocycles. The first-order chi connectivity index (χ1) is 13.7. The minimum absolute atomic E-state index is 0.0745. The number of carbonyl (C=O) groups is 1. The van der Waals surface area contributed by atoms with Crippen molar-refractivity contribution in [2.24, 2.45) is 0 Å². The van der Waals surface area contributed by atoms with Crippen LogP contribution in [0.3, 0.4) is 0 Å². The van der Waals surface area contributed by atoms with Crippen molar-refractivity contribution in [3.63, 3.8) is 0 Å². The predicted octanol–water partition coefficient (Wildman–Crippen LogP) is 4.79. The Balaban J connectivity index is 1.53. The van der Waals surface area contributed by atoms with Gasteiger partial charge in [-0.15, -0.1) is 11.3 Å². The lowest BCUT2D eigenvalue weighted by Crippen LogP contribution is -2.34. The zero-order valence-electron chi connectivity index (χ0n) is 15.7. The number of rotatable bonds is 5. The van der Waals surface area contributed by atoms with E-state index in [4.69, 9.17) is 13.9 Å². The number of aromatic nitrogens is 1. The highest BCUT2D eigenvalue weighted by Crippen LogP contribution is 2.39. The number of hydrogen-bond acceptors (Lipinski definition) is 6. The monoisotopic (exact) mass is 399 g/mol. The van der Waals surface area contributed by atoms with Gasteiger partial charge in [-0.25, -0.2) is 9.78 Å². The van der Waals surface area contributed by atoms with Crippen molar-refractivity contribution in [1.82, 2.24) is 9.88 Å². The number of ether oxygens (including phenoxy) is 2. The number of carbonyl (C=O) groups excluding carboxylic acids is 1. The number of amides is 2. The first kappa shape index (κ1) is 18.4. The van der Waals surface area contributed by atoms with Crippen molar-refractivity contribution in [2.45, 2.75) is 18.9 Å². The molecule has 0 bridgehead atoms. The van der Waals surface area contributed by atoms with Crippen LogP contribution in [0.4, 0.5) is 9.93 Å². The summed E-state index contributed by atoms with van der Waals surface area (Å²) < 4.78 is 16.2. The Bertz CT molecular complexity index is 954. The number of urea groups is 1. The molecular formula is C20H21N3O4S. The minimum atomic E-state index is -0.173. The van der Waals surface area contributed by atoms with Gasteiger partial charge in [0.15, 0.2) is 10.9 Å². The Morgan fingerprint density at radius 1 is 1.32 bits per heavy atom.